The van der Waals surface area contributed by atoms with Crippen LogP contribution in [-0.4, -0.2) is 76.6 Å². The van der Waals surface area contributed by atoms with Crippen LogP contribution in [0.3, 0.4) is 0 Å². The van der Waals surface area contributed by atoms with E-state index in [2.05, 4.69) is 20.8 Å². The molecule has 7 rings (SSSR count). The SMILES string of the molecule is CC(CC(=O)O)CC(C)(C)OC(=O)OC1C2(C(C)C)OC2C2OC23C2(C)CCC4=C(COC4=O)C2CC2OC213. The number of carbonyl (C=O) groups is 3. The molecular weight excluding hydrogens is 508 g/mol. The molecule has 5 fully saturated rings. The van der Waals surface area contributed by atoms with Crippen LogP contribution in [0.2, 0.25) is 0 Å². The van der Waals surface area contributed by atoms with Gasteiger partial charge in [-0.25, -0.2) is 9.59 Å². The average molecular weight is 547 g/mol. The second-order valence-corrected chi connectivity index (χ2v) is 14.0. The number of carbonyl (C=O) groups excluding carboxylic acids is 2. The number of esters is 1. The predicted octanol–water partition coefficient (Wildman–Crippen LogP) is 3.54. The summed E-state index contributed by atoms with van der Waals surface area (Å²) in [6.45, 7) is 12.0. The van der Waals surface area contributed by atoms with Crippen LogP contribution in [-0.2, 0) is 38.0 Å². The first-order valence-electron chi connectivity index (χ1n) is 14.3. The summed E-state index contributed by atoms with van der Waals surface area (Å²) in [5.74, 6) is -1.14. The normalized spacial score (nSPS) is 46.9. The summed E-state index contributed by atoms with van der Waals surface area (Å²) >= 11 is 0. The lowest BCUT2D eigenvalue weighted by Gasteiger charge is -2.53. The number of fused-ring (bicyclic) bond motifs is 4. The average Bonchev–Trinajstić information content (AvgIpc) is 3.71. The van der Waals surface area contributed by atoms with Gasteiger partial charge in [-0.05, 0) is 62.9 Å². The molecule has 0 amide bonds. The van der Waals surface area contributed by atoms with Gasteiger partial charge in [-0.2, -0.15) is 0 Å². The molecule has 4 heterocycles. The zero-order chi connectivity index (χ0) is 27.9. The molecule has 2 saturated carbocycles. The third kappa shape index (κ3) is 3.06. The lowest BCUT2D eigenvalue weighted by atomic mass is 9.46. The molecule has 10 nitrogen and oxygen atoms in total. The fourth-order valence-electron chi connectivity index (χ4n) is 9.44. The molecule has 10 atom stereocenters. The molecule has 7 aliphatic rings. The quantitative estimate of drug-likeness (QED) is 0.373. The molecule has 4 aliphatic heterocycles. The fourth-order valence-corrected chi connectivity index (χ4v) is 9.44. The first-order valence-corrected chi connectivity index (χ1v) is 14.3. The van der Waals surface area contributed by atoms with Crippen molar-refractivity contribution < 1.29 is 47.9 Å². The van der Waals surface area contributed by atoms with Gasteiger partial charge in [0.1, 0.15) is 35.6 Å². The van der Waals surface area contributed by atoms with Crippen LogP contribution in [0.5, 0.6) is 0 Å². The summed E-state index contributed by atoms with van der Waals surface area (Å²) in [4.78, 5) is 36.9. The minimum Gasteiger partial charge on any atom is -0.481 e. The highest BCUT2D eigenvalue weighted by atomic mass is 16.8. The first-order chi connectivity index (χ1) is 18.2. The standard InChI is InChI=1S/C29H38O10/c1-13(2)27-20(37-27)21-29(38-21)26(6)8-7-15-16(12-34-22(15)32)17(26)10-18-28(29,36-18)23(27)35-24(33)39-25(4,5)11-14(3)9-19(30)31/h13-14,17-18,20-21,23H,7-12H2,1-6H3,(H,30,31). The summed E-state index contributed by atoms with van der Waals surface area (Å²) < 4.78 is 37.3. The van der Waals surface area contributed by atoms with Crippen molar-refractivity contribution in [3.05, 3.63) is 11.1 Å². The second-order valence-electron chi connectivity index (χ2n) is 14.0. The summed E-state index contributed by atoms with van der Waals surface area (Å²) in [6, 6.07) is 0. The Morgan fingerprint density at radius 3 is 2.59 bits per heavy atom. The first kappa shape index (κ1) is 25.8. The molecule has 10 unspecified atom stereocenters. The van der Waals surface area contributed by atoms with E-state index in [1.165, 1.54) is 0 Å². The minimum atomic E-state index is -0.919. The Bertz CT molecular complexity index is 1210. The lowest BCUT2D eigenvalue weighted by molar-refractivity contribution is -0.139. The number of epoxide rings is 3. The van der Waals surface area contributed by atoms with Crippen molar-refractivity contribution in [1.82, 2.24) is 0 Å². The molecule has 10 heteroatoms. The van der Waals surface area contributed by atoms with Gasteiger partial charge in [0, 0.05) is 17.4 Å². The predicted molar refractivity (Wildman–Crippen MR) is 133 cm³/mol. The number of cyclic esters (lactones) is 1. The lowest BCUT2D eigenvalue weighted by Crippen LogP contribution is -2.70. The molecule has 2 spiro atoms. The van der Waals surface area contributed by atoms with Gasteiger partial charge in [0.05, 0.1) is 6.10 Å². The smallest absolute Gasteiger partial charge is 0.481 e. The maximum absolute atomic E-state index is 13.4. The Morgan fingerprint density at radius 1 is 1.15 bits per heavy atom. The van der Waals surface area contributed by atoms with E-state index in [-0.39, 0.29) is 53.9 Å². The Hall–Kier alpha value is -2.17. The monoisotopic (exact) mass is 546 g/mol. The highest BCUT2D eigenvalue weighted by Gasteiger charge is 3.01. The van der Waals surface area contributed by atoms with Crippen molar-refractivity contribution in [2.24, 2.45) is 23.2 Å². The van der Waals surface area contributed by atoms with E-state index in [1.807, 2.05) is 6.92 Å². The number of ether oxygens (including phenoxy) is 6. The minimum absolute atomic E-state index is 0.00907. The number of hydrogen-bond acceptors (Lipinski definition) is 9. The summed E-state index contributed by atoms with van der Waals surface area (Å²) in [5, 5.41) is 9.13. The maximum atomic E-state index is 13.4. The van der Waals surface area contributed by atoms with E-state index in [1.54, 1.807) is 13.8 Å². The van der Waals surface area contributed by atoms with Crippen molar-refractivity contribution in [2.75, 3.05) is 6.61 Å². The van der Waals surface area contributed by atoms with Crippen molar-refractivity contribution >= 4 is 18.1 Å². The molecule has 0 aromatic heterocycles. The van der Waals surface area contributed by atoms with Gasteiger partial charge in [-0.1, -0.05) is 27.7 Å². The molecule has 3 saturated heterocycles. The van der Waals surface area contributed by atoms with E-state index in [0.717, 1.165) is 17.6 Å². The largest absolute Gasteiger partial charge is 0.509 e. The van der Waals surface area contributed by atoms with Crippen LogP contribution in [0.1, 0.15) is 73.6 Å². The van der Waals surface area contributed by atoms with E-state index in [9.17, 15) is 14.4 Å². The van der Waals surface area contributed by atoms with Crippen LogP contribution in [0.25, 0.3) is 0 Å². The maximum Gasteiger partial charge on any atom is 0.509 e. The molecule has 0 radical (unpaired) electrons. The number of hydrogen-bond donors (Lipinski definition) is 1. The third-order valence-corrected chi connectivity index (χ3v) is 11.0. The van der Waals surface area contributed by atoms with Gasteiger partial charge in [-0.15, -0.1) is 0 Å². The van der Waals surface area contributed by atoms with Crippen molar-refractivity contribution in [2.45, 2.75) is 120 Å². The van der Waals surface area contributed by atoms with Crippen LogP contribution in [0, 0.1) is 23.2 Å². The van der Waals surface area contributed by atoms with E-state index in [0.29, 0.717) is 25.9 Å². The number of aliphatic carboxylic acids is 1. The summed E-state index contributed by atoms with van der Waals surface area (Å²) in [7, 11) is 0. The summed E-state index contributed by atoms with van der Waals surface area (Å²) in [6.07, 6.45) is 0.354. The Kier molecular flexibility index (Phi) is 5.00. The Balaban J connectivity index is 1.19. The van der Waals surface area contributed by atoms with E-state index < -0.39 is 40.6 Å². The van der Waals surface area contributed by atoms with Crippen LogP contribution in [0.15, 0.2) is 11.1 Å². The van der Waals surface area contributed by atoms with Crippen molar-refractivity contribution in [3.8, 4) is 0 Å². The van der Waals surface area contributed by atoms with E-state index in [4.69, 9.17) is 33.5 Å². The Morgan fingerprint density at radius 2 is 1.90 bits per heavy atom. The van der Waals surface area contributed by atoms with Crippen LogP contribution < -0.4 is 0 Å². The van der Waals surface area contributed by atoms with Gasteiger partial charge < -0.3 is 33.5 Å². The zero-order valence-electron chi connectivity index (χ0n) is 23.4. The van der Waals surface area contributed by atoms with Gasteiger partial charge >= 0.3 is 18.1 Å². The molecule has 39 heavy (non-hydrogen) atoms. The fraction of sp³-hybridized carbons (Fsp3) is 0.828. The molecule has 0 bridgehead atoms. The number of carboxylic acids is 1. The second kappa shape index (κ2) is 7.56. The van der Waals surface area contributed by atoms with Crippen LogP contribution >= 0.6 is 0 Å². The molecule has 3 aliphatic carbocycles. The third-order valence-electron chi connectivity index (χ3n) is 11.0. The molecule has 0 aromatic rings. The molecular formula is C29H38O10. The topological polar surface area (TPSA) is 137 Å². The van der Waals surface area contributed by atoms with Crippen LogP contribution in [0.4, 0.5) is 4.79 Å². The number of carboxylic acid groups (broad SMARTS) is 1. The van der Waals surface area contributed by atoms with Crippen molar-refractivity contribution in [1.29, 1.82) is 0 Å². The van der Waals surface area contributed by atoms with Gasteiger partial charge in [0.2, 0.25) is 0 Å². The van der Waals surface area contributed by atoms with Gasteiger partial charge in [0.25, 0.3) is 0 Å². The van der Waals surface area contributed by atoms with E-state index >= 15 is 0 Å². The zero-order valence-corrected chi connectivity index (χ0v) is 23.4. The highest BCUT2D eigenvalue weighted by molar-refractivity contribution is 5.92. The molecule has 214 valence electrons. The van der Waals surface area contributed by atoms with Crippen molar-refractivity contribution in [3.63, 3.8) is 0 Å². The number of rotatable bonds is 7. The molecule has 0 aromatic carbocycles. The van der Waals surface area contributed by atoms with Gasteiger partial charge in [-0.3, -0.25) is 4.79 Å². The molecule has 1 N–H and O–H groups in total. The summed E-state index contributed by atoms with van der Waals surface area (Å²) in [5.41, 5.74) is -1.62. The Labute approximate surface area is 227 Å². The highest BCUT2D eigenvalue weighted by Crippen LogP contribution is 2.83. The van der Waals surface area contributed by atoms with Gasteiger partial charge in [0.15, 0.2) is 11.7 Å².